The highest BCUT2D eigenvalue weighted by Gasteiger charge is 2.06. The molecule has 0 aromatic carbocycles. The molecular formula is C8H5BrClNS. The second kappa shape index (κ2) is 2.98. The molecule has 0 N–H and O–H groups in total. The van der Waals surface area contributed by atoms with Crippen LogP contribution in [0.2, 0.25) is 5.15 Å². The normalized spacial score (nSPS) is 10.9. The molecule has 0 fully saturated rings. The third-order valence-corrected chi connectivity index (χ3v) is 3.83. The van der Waals surface area contributed by atoms with E-state index in [9.17, 15) is 0 Å². The van der Waals surface area contributed by atoms with Crippen LogP contribution in [0.4, 0.5) is 0 Å². The van der Waals surface area contributed by atoms with Crippen molar-refractivity contribution in [1.29, 1.82) is 0 Å². The lowest BCUT2D eigenvalue weighted by molar-refractivity contribution is 1.38. The summed E-state index contributed by atoms with van der Waals surface area (Å²) in [4.78, 5) is 4.24. The summed E-state index contributed by atoms with van der Waals surface area (Å²) in [5.74, 6) is 0. The average Bonchev–Trinajstić information content (AvgIpc) is 2.33. The van der Waals surface area contributed by atoms with Gasteiger partial charge in [0.2, 0.25) is 0 Å². The molecule has 0 radical (unpaired) electrons. The summed E-state index contributed by atoms with van der Waals surface area (Å²) >= 11 is 10.9. The van der Waals surface area contributed by atoms with Crippen molar-refractivity contribution in [3.8, 4) is 0 Å². The van der Waals surface area contributed by atoms with E-state index in [4.69, 9.17) is 11.6 Å². The van der Waals surface area contributed by atoms with Gasteiger partial charge in [0.1, 0.15) is 5.15 Å². The highest BCUT2D eigenvalue weighted by atomic mass is 79.9. The van der Waals surface area contributed by atoms with Crippen molar-refractivity contribution in [3.63, 3.8) is 0 Å². The van der Waals surface area contributed by atoms with E-state index < -0.39 is 0 Å². The lowest BCUT2D eigenvalue weighted by Crippen LogP contribution is -1.78. The standard InChI is InChI=1S/C8H5BrClNS/c1-4-3-12-8-5(9)2-6(10)11-7(4)8/h2-3H,1H3. The molecule has 4 heteroatoms. The number of fused-ring (bicyclic) bond motifs is 1. The Morgan fingerprint density at radius 1 is 1.58 bits per heavy atom. The van der Waals surface area contributed by atoms with Gasteiger partial charge >= 0.3 is 0 Å². The summed E-state index contributed by atoms with van der Waals surface area (Å²) < 4.78 is 2.19. The molecule has 0 spiro atoms. The van der Waals surface area contributed by atoms with Crippen molar-refractivity contribution >= 4 is 49.1 Å². The molecule has 0 unspecified atom stereocenters. The predicted octanol–water partition coefficient (Wildman–Crippen LogP) is 4.02. The number of hydrogen-bond acceptors (Lipinski definition) is 2. The maximum atomic E-state index is 5.82. The molecule has 0 aliphatic heterocycles. The van der Waals surface area contributed by atoms with Gasteiger partial charge in [0.05, 0.1) is 10.2 Å². The van der Waals surface area contributed by atoms with Gasteiger partial charge in [-0.3, -0.25) is 0 Å². The number of pyridine rings is 1. The summed E-state index contributed by atoms with van der Waals surface area (Å²) in [7, 11) is 0. The first-order chi connectivity index (χ1) is 5.68. The predicted molar refractivity (Wildman–Crippen MR) is 57.1 cm³/mol. The topological polar surface area (TPSA) is 12.9 Å². The Labute approximate surface area is 87.5 Å². The highest BCUT2D eigenvalue weighted by molar-refractivity contribution is 9.10. The third-order valence-electron chi connectivity index (χ3n) is 1.62. The number of thiophene rings is 1. The first-order valence-corrected chi connectivity index (χ1v) is 5.43. The summed E-state index contributed by atoms with van der Waals surface area (Å²) in [5.41, 5.74) is 2.18. The van der Waals surface area contributed by atoms with E-state index in [1.165, 1.54) is 5.56 Å². The molecule has 62 valence electrons. The first kappa shape index (κ1) is 8.48. The molecule has 2 aromatic heterocycles. The minimum Gasteiger partial charge on any atom is -0.235 e. The van der Waals surface area contributed by atoms with Crippen LogP contribution in [0.25, 0.3) is 10.2 Å². The number of aromatic nitrogens is 1. The van der Waals surface area contributed by atoms with Crippen molar-refractivity contribution in [2.75, 3.05) is 0 Å². The Kier molecular flexibility index (Phi) is 2.10. The van der Waals surface area contributed by atoms with Gasteiger partial charge in [-0.05, 0) is 39.9 Å². The van der Waals surface area contributed by atoms with Gasteiger partial charge in [0, 0.05) is 4.47 Å². The molecule has 2 rings (SSSR count). The zero-order valence-electron chi connectivity index (χ0n) is 6.27. The molecular weight excluding hydrogens is 258 g/mol. The van der Waals surface area contributed by atoms with E-state index in [1.54, 1.807) is 11.3 Å². The summed E-state index contributed by atoms with van der Waals surface area (Å²) in [5, 5.41) is 2.62. The maximum absolute atomic E-state index is 5.82. The fourth-order valence-electron chi connectivity index (χ4n) is 1.06. The Hall–Kier alpha value is -0.120. The Morgan fingerprint density at radius 2 is 2.33 bits per heavy atom. The number of hydrogen-bond donors (Lipinski definition) is 0. The molecule has 0 saturated carbocycles. The second-order valence-corrected chi connectivity index (χ2v) is 4.64. The summed E-state index contributed by atoms with van der Waals surface area (Å²) in [6.07, 6.45) is 0. The summed E-state index contributed by atoms with van der Waals surface area (Å²) in [6, 6.07) is 1.82. The van der Waals surface area contributed by atoms with E-state index in [2.05, 4.69) is 26.3 Å². The van der Waals surface area contributed by atoms with Crippen LogP contribution in [0.1, 0.15) is 5.56 Å². The van der Waals surface area contributed by atoms with Crippen LogP contribution in [0.3, 0.4) is 0 Å². The van der Waals surface area contributed by atoms with Gasteiger partial charge in [-0.2, -0.15) is 0 Å². The lowest BCUT2D eigenvalue weighted by atomic mass is 10.3. The fraction of sp³-hybridized carbons (Fsp3) is 0.125. The van der Waals surface area contributed by atoms with E-state index in [0.717, 1.165) is 14.7 Å². The zero-order chi connectivity index (χ0) is 8.72. The molecule has 0 saturated heterocycles. The fourth-order valence-corrected chi connectivity index (χ4v) is 2.96. The highest BCUT2D eigenvalue weighted by Crippen LogP contribution is 2.32. The average molecular weight is 263 g/mol. The number of rotatable bonds is 0. The third kappa shape index (κ3) is 1.26. The van der Waals surface area contributed by atoms with E-state index in [1.807, 2.05) is 13.0 Å². The molecule has 0 bridgehead atoms. The quantitative estimate of drug-likeness (QED) is 0.654. The largest absolute Gasteiger partial charge is 0.235 e. The second-order valence-electron chi connectivity index (χ2n) is 2.52. The lowest BCUT2D eigenvalue weighted by Gasteiger charge is -1.95. The Bertz CT molecular complexity index is 438. The molecule has 0 atom stereocenters. The molecule has 2 heterocycles. The molecule has 0 aliphatic rings. The number of aryl methyl sites for hydroxylation is 1. The van der Waals surface area contributed by atoms with Crippen LogP contribution in [0, 0.1) is 6.92 Å². The maximum Gasteiger partial charge on any atom is 0.130 e. The molecule has 12 heavy (non-hydrogen) atoms. The summed E-state index contributed by atoms with van der Waals surface area (Å²) in [6.45, 7) is 2.04. The first-order valence-electron chi connectivity index (χ1n) is 3.38. The van der Waals surface area contributed by atoms with Crippen LogP contribution < -0.4 is 0 Å². The van der Waals surface area contributed by atoms with Gasteiger partial charge in [-0.1, -0.05) is 11.6 Å². The van der Waals surface area contributed by atoms with Crippen molar-refractivity contribution < 1.29 is 0 Å². The van der Waals surface area contributed by atoms with Gasteiger partial charge < -0.3 is 0 Å². The van der Waals surface area contributed by atoms with Crippen LogP contribution in [-0.4, -0.2) is 4.98 Å². The molecule has 0 amide bonds. The smallest absolute Gasteiger partial charge is 0.130 e. The number of halogens is 2. The molecule has 2 aromatic rings. The van der Waals surface area contributed by atoms with Gasteiger partial charge in [-0.25, -0.2) is 4.98 Å². The van der Waals surface area contributed by atoms with E-state index in [0.29, 0.717) is 5.15 Å². The Morgan fingerprint density at radius 3 is 3.08 bits per heavy atom. The van der Waals surface area contributed by atoms with Crippen molar-refractivity contribution in [2.24, 2.45) is 0 Å². The van der Waals surface area contributed by atoms with Gasteiger partial charge in [0.25, 0.3) is 0 Å². The van der Waals surface area contributed by atoms with E-state index >= 15 is 0 Å². The molecule has 1 nitrogen and oxygen atoms in total. The van der Waals surface area contributed by atoms with E-state index in [-0.39, 0.29) is 0 Å². The molecule has 0 aliphatic carbocycles. The van der Waals surface area contributed by atoms with Gasteiger partial charge in [-0.15, -0.1) is 11.3 Å². The van der Waals surface area contributed by atoms with Crippen molar-refractivity contribution in [1.82, 2.24) is 4.98 Å². The van der Waals surface area contributed by atoms with Crippen LogP contribution in [-0.2, 0) is 0 Å². The minimum absolute atomic E-state index is 0.538. The van der Waals surface area contributed by atoms with Gasteiger partial charge in [0.15, 0.2) is 0 Å². The minimum atomic E-state index is 0.538. The van der Waals surface area contributed by atoms with Crippen LogP contribution in [0.5, 0.6) is 0 Å². The van der Waals surface area contributed by atoms with Crippen LogP contribution >= 0.6 is 38.9 Å². The zero-order valence-corrected chi connectivity index (χ0v) is 9.42. The Balaban J connectivity index is 2.92. The van der Waals surface area contributed by atoms with Crippen LogP contribution in [0.15, 0.2) is 15.9 Å². The SMILES string of the molecule is Cc1csc2c(Br)cc(Cl)nc12. The van der Waals surface area contributed by atoms with Crippen molar-refractivity contribution in [3.05, 3.63) is 26.6 Å². The van der Waals surface area contributed by atoms with Crippen molar-refractivity contribution in [2.45, 2.75) is 6.92 Å². The monoisotopic (exact) mass is 261 g/mol. The number of nitrogens with zero attached hydrogens (tertiary/aromatic N) is 1.